The van der Waals surface area contributed by atoms with Crippen molar-refractivity contribution in [3.8, 4) is 0 Å². The highest BCUT2D eigenvalue weighted by atomic mass is 32.2. The highest BCUT2D eigenvalue weighted by Crippen LogP contribution is 2.40. The molecule has 1 saturated carbocycles. The van der Waals surface area contributed by atoms with E-state index in [1.165, 1.54) is 25.7 Å². The van der Waals surface area contributed by atoms with Gasteiger partial charge in [-0.25, -0.2) is 13.1 Å². The molecular formula is C21H36N4O3S. The first-order chi connectivity index (χ1) is 14.0. The van der Waals surface area contributed by atoms with E-state index in [9.17, 15) is 8.42 Å². The molecule has 0 atom stereocenters. The van der Waals surface area contributed by atoms with Crippen LogP contribution in [0.25, 0.3) is 0 Å². The summed E-state index contributed by atoms with van der Waals surface area (Å²) in [5.41, 5.74) is 1.19. The standard InChI is InChI=1S/C21H36N4O3S/c1-3-28-15-13-21(11-7-8-12-21)18-24-20(22-2)23-14-16-29(26,27)25-17-19-9-5-4-6-10-19/h4-6,9-10,25H,3,7-8,11-18H2,1-2H3,(H2,22,23,24). The lowest BCUT2D eigenvalue weighted by Gasteiger charge is -2.30. The fourth-order valence-corrected chi connectivity index (χ4v) is 4.63. The fraction of sp³-hybridized carbons (Fsp3) is 0.667. The van der Waals surface area contributed by atoms with E-state index in [-0.39, 0.29) is 11.2 Å². The molecule has 0 aromatic heterocycles. The van der Waals surface area contributed by atoms with Crippen LogP contribution in [0.4, 0.5) is 0 Å². The van der Waals surface area contributed by atoms with Gasteiger partial charge >= 0.3 is 0 Å². The number of nitrogens with one attached hydrogen (secondary N) is 3. The molecule has 0 bridgehead atoms. The van der Waals surface area contributed by atoms with Gasteiger partial charge in [0, 0.05) is 39.9 Å². The van der Waals surface area contributed by atoms with E-state index in [1.807, 2.05) is 37.3 Å². The topological polar surface area (TPSA) is 91.8 Å². The summed E-state index contributed by atoms with van der Waals surface area (Å²) in [7, 11) is -1.65. The van der Waals surface area contributed by atoms with E-state index in [2.05, 4.69) is 20.3 Å². The molecule has 1 aromatic carbocycles. The Kier molecular flexibility index (Phi) is 9.90. The van der Waals surface area contributed by atoms with Crippen LogP contribution in [0.15, 0.2) is 35.3 Å². The van der Waals surface area contributed by atoms with Crippen molar-refractivity contribution >= 4 is 16.0 Å². The monoisotopic (exact) mass is 424 g/mol. The van der Waals surface area contributed by atoms with Gasteiger partial charge < -0.3 is 15.4 Å². The van der Waals surface area contributed by atoms with Crippen LogP contribution < -0.4 is 15.4 Å². The summed E-state index contributed by atoms with van der Waals surface area (Å²) in [4.78, 5) is 4.24. The number of hydrogen-bond donors (Lipinski definition) is 3. The van der Waals surface area contributed by atoms with Crippen molar-refractivity contribution in [2.45, 2.75) is 45.6 Å². The van der Waals surface area contributed by atoms with Crippen LogP contribution >= 0.6 is 0 Å². The lowest BCUT2D eigenvalue weighted by Crippen LogP contribution is -2.45. The molecule has 0 radical (unpaired) electrons. The first kappa shape index (κ1) is 23.6. The van der Waals surface area contributed by atoms with Gasteiger partial charge in [0.1, 0.15) is 0 Å². The second-order valence-corrected chi connectivity index (χ2v) is 9.56. The normalized spacial score (nSPS) is 16.7. The van der Waals surface area contributed by atoms with Gasteiger partial charge in [0.05, 0.1) is 5.75 Å². The van der Waals surface area contributed by atoms with Crippen molar-refractivity contribution < 1.29 is 13.2 Å². The molecule has 0 spiro atoms. The summed E-state index contributed by atoms with van der Waals surface area (Å²) < 4.78 is 32.6. The van der Waals surface area contributed by atoms with E-state index >= 15 is 0 Å². The van der Waals surface area contributed by atoms with Gasteiger partial charge in [0.2, 0.25) is 10.0 Å². The number of nitrogens with zero attached hydrogens (tertiary/aromatic N) is 1. The Labute approximate surface area is 175 Å². The zero-order valence-electron chi connectivity index (χ0n) is 17.7. The number of ether oxygens (including phenoxy) is 1. The summed E-state index contributed by atoms with van der Waals surface area (Å²) >= 11 is 0. The SMILES string of the molecule is CCOCCC1(CNC(=NC)NCCS(=O)(=O)NCc2ccccc2)CCCC1. The second-order valence-electron chi connectivity index (χ2n) is 7.63. The Bertz CT molecular complexity index is 717. The molecular weight excluding hydrogens is 388 g/mol. The molecule has 8 heteroatoms. The molecule has 3 N–H and O–H groups in total. The zero-order valence-corrected chi connectivity index (χ0v) is 18.6. The molecule has 7 nitrogen and oxygen atoms in total. The highest BCUT2D eigenvalue weighted by molar-refractivity contribution is 7.89. The predicted octanol–water partition coefficient (Wildman–Crippen LogP) is 2.26. The van der Waals surface area contributed by atoms with Crippen LogP contribution in [0, 0.1) is 5.41 Å². The summed E-state index contributed by atoms with van der Waals surface area (Å²) in [5.74, 6) is 0.640. The Balaban J connectivity index is 1.73. The maximum atomic E-state index is 12.2. The first-order valence-electron chi connectivity index (χ1n) is 10.5. The first-order valence-corrected chi connectivity index (χ1v) is 12.2. The second kappa shape index (κ2) is 12.1. The maximum Gasteiger partial charge on any atom is 0.213 e. The maximum absolute atomic E-state index is 12.2. The molecule has 1 aromatic rings. The van der Waals surface area contributed by atoms with Crippen molar-refractivity contribution in [2.24, 2.45) is 10.4 Å². The summed E-state index contributed by atoms with van der Waals surface area (Å²) in [6.45, 7) is 5.00. The molecule has 1 aliphatic rings. The van der Waals surface area contributed by atoms with E-state index < -0.39 is 10.0 Å². The third kappa shape index (κ3) is 8.72. The van der Waals surface area contributed by atoms with Gasteiger partial charge in [0.15, 0.2) is 5.96 Å². The van der Waals surface area contributed by atoms with Gasteiger partial charge in [-0.15, -0.1) is 0 Å². The Morgan fingerprint density at radius 3 is 2.55 bits per heavy atom. The number of rotatable bonds is 12. The van der Waals surface area contributed by atoms with Crippen LogP contribution in [0.1, 0.15) is 44.6 Å². The molecule has 164 valence electrons. The molecule has 2 rings (SSSR count). The largest absolute Gasteiger partial charge is 0.382 e. The van der Waals surface area contributed by atoms with Crippen molar-refractivity contribution in [2.75, 3.05) is 39.1 Å². The zero-order chi connectivity index (χ0) is 21.0. The molecule has 0 heterocycles. The number of guanidine groups is 1. The lowest BCUT2D eigenvalue weighted by atomic mass is 9.83. The smallest absolute Gasteiger partial charge is 0.213 e. The summed E-state index contributed by atoms with van der Waals surface area (Å²) in [6, 6.07) is 9.50. The highest BCUT2D eigenvalue weighted by Gasteiger charge is 2.33. The van der Waals surface area contributed by atoms with Crippen molar-refractivity contribution in [3.63, 3.8) is 0 Å². The van der Waals surface area contributed by atoms with Gasteiger partial charge in [-0.1, -0.05) is 43.2 Å². The number of aliphatic imine (C=N–C) groups is 1. The third-order valence-electron chi connectivity index (χ3n) is 5.50. The summed E-state index contributed by atoms with van der Waals surface area (Å²) in [5, 5.41) is 6.51. The number of sulfonamides is 1. The Hall–Kier alpha value is -1.64. The minimum Gasteiger partial charge on any atom is -0.382 e. The molecule has 1 fully saturated rings. The fourth-order valence-electron chi connectivity index (χ4n) is 3.73. The van der Waals surface area contributed by atoms with Crippen molar-refractivity contribution in [1.29, 1.82) is 0 Å². The van der Waals surface area contributed by atoms with Crippen LogP contribution in [-0.4, -0.2) is 53.5 Å². The van der Waals surface area contributed by atoms with Crippen molar-refractivity contribution in [1.82, 2.24) is 15.4 Å². The van der Waals surface area contributed by atoms with E-state index in [4.69, 9.17) is 4.74 Å². The van der Waals surface area contributed by atoms with Crippen LogP contribution in [0.2, 0.25) is 0 Å². The number of benzene rings is 1. The molecule has 0 amide bonds. The van der Waals surface area contributed by atoms with E-state index in [1.54, 1.807) is 7.05 Å². The molecule has 0 saturated heterocycles. The van der Waals surface area contributed by atoms with Gasteiger partial charge in [-0.05, 0) is 37.2 Å². The average molecular weight is 425 g/mol. The average Bonchev–Trinajstić information content (AvgIpc) is 3.19. The molecule has 0 aliphatic heterocycles. The van der Waals surface area contributed by atoms with Gasteiger partial charge in [0.25, 0.3) is 0 Å². The van der Waals surface area contributed by atoms with Crippen molar-refractivity contribution in [3.05, 3.63) is 35.9 Å². The minimum atomic E-state index is -3.35. The summed E-state index contributed by atoms with van der Waals surface area (Å²) in [6.07, 6.45) is 5.95. The van der Waals surface area contributed by atoms with Crippen LogP contribution in [0.5, 0.6) is 0 Å². The Morgan fingerprint density at radius 1 is 1.17 bits per heavy atom. The predicted molar refractivity (Wildman–Crippen MR) is 118 cm³/mol. The van der Waals surface area contributed by atoms with E-state index in [0.717, 1.165) is 31.7 Å². The number of hydrogen-bond acceptors (Lipinski definition) is 4. The lowest BCUT2D eigenvalue weighted by molar-refractivity contribution is 0.105. The van der Waals surface area contributed by atoms with Crippen LogP contribution in [0.3, 0.4) is 0 Å². The molecule has 29 heavy (non-hydrogen) atoms. The van der Waals surface area contributed by atoms with Gasteiger partial charge in [-0.2, -0.15) is 0 Å². The third-order valence-corrected chi connectivity index (χ3v) is 6.83. The molecule has 1 aliphatic carbocycles. The van der Waals surface area contributed by atoms with E-state index in [0.29, 0.717) is 19.0 Å². The minimum absolute atomic E-state index is 0.00395. The van der Waals surface area contributed by atoms with Gasteiger partial charge in [-0.3, -0.25) is 4.99 Å². The van der Waals surface area contributed by atoms with Crippen LogP contribution in [-0.2, 0) is 21.3 Å². The Morgan fingerprint density at radius 2 is 1.90 bits per heavy atom. The molecule has 0 unspecified atom stereocenters. The quantitative estimate of drug-likeness (QED) is 0.272.